The summed E-state index contributed by atoms with van der Waals surface area (Å²) in [6.45, 7) is 1.83. The molecule has 1 amide bonds. The molecule has 0 radical (unpaired) electrons. The third-order valence-corrected chi connectivity index (χ3v) is 1.87. The number of aliphatic hydroxyl groups excluding tert-OH is 1. The van der Waals surface area contributed by atoms with Gasteiger partial charge in [-0.2, -0.15) is 0 Å². The lowest BCUT2D eigenvalue weighted by atomic mass is 10.2. The van der Waals surface area contributed by atoms with Crippen LogP contribution in [-0.4, -0.2) is 17.2 Å². The summed E-state index contributed by atoms with van der Waals surface area (Å²) >= 11 is 5.53. The Morgan fingerprint density at radius 3 is 2.60 bits per heavy atom. The van der Waals surface area contributed by atoms with Gasteiger partial charge < -0.3 is 10.4 Å². The lowest BCUT2D eigenvalue weighted by Crippen LogP contribution is -2.27. The van der Waals surface area contributed by atoms with E-state index in [0.29, 0.717) is 12.0 Å². The van der Waals surface area contributed by atoms with Crippen molar-refractivity contribution in [2.75, 3.05) is 0 Å². The second kappa shape index (κ2) is 2.60. The van der Waals surface area contributed by atoms with Crippen molar-refractivity contribution in [3.8, 4) is 0 Å². The summed E-state index contributed by atoms with van der Waals surface area (Å²) in [6.07, 6.45) is -0.274. The summed E-state index contributed by atoms with van der Waals surface area (Å²) in [6, 6.07) is 0. The first-order chi connectivity index (χ1) is 4.66. The first-order valence-electron chi connectivity index (χ1n) is 3.04. The van der Waals surface area contributed by atoms with Crippen LogP contribution < -0.4 is 5.32 Å². The smallest absolute Gasteiger partial charge is 0.265 e. The van der Waals surface area contributed by atoms with Crippen LogP contribution in [0, 0.1) is 0 Å². The topological polar surface area (TPSA) is 49.3 Å². The predicted molar refractivity (Wildman–Crippen MR) is 37.3 cm³/mol. The fraction of sp³-hybridized carbons (Fsp3) is 0.500. The standard InChI is InChI=1S/C6H8ClNO2/c1-2-3-4(7)6(10)8-5(3)9/h5,9H,2H2,1H3,(H,8,10). The van der Waals surface area contributed by atoms with Crippen LogP contribution in [0.4, 0.5) is 0 Å². The zero-order valence-corrected chi connectivity index (χ0v) is 6.27. The molecular formula is C6H8ClNO2. The van der Waals surface area contributed by atoms with E-state index in [-0.39, 0.29) is 10.9 Å². The maximum atomic E-state index is 10.7. The van der Waals surface area contributed by atoms with Gasteiger partial charge in [0.05, 0.1) is 0 Å². The maximum Gasteiger partial charge on any atom is 0.265 e. The number of halogens is 1. The first kappa shape index (κ1) is 7.57. The van der Waals surface area contributed by atoms with Crippen LogP contribution in [0.25, 0.3) is 0 Å². The lowest BCUT2D eigenvalue weighted by Gasteiger charge is -2.03. The van der Waals surface area contributed by atoms with E-state index in [1.54, 1.807) is 0 Å². The Balaban J connectivity index is 2.90. The van der Waals surface area contributed by atoms with Crippen molar-refractivity contribution >= 4 is 17.5 Å². The number of hydrogen-bond donors (Lipinski definition) is 2. The maximum absolute atomic E-state index is 10.7. The van der Waals surface area contributed by atoms with E-state index in [1.807, 2.05) is 6.92 Å². The van der Waals surface area contributed by atoms with E-state index >= 15 is 0 Å². The quantitative estimate of drug-likeness (QED) is 0.583. The lowest BCUT2D eigenvalue weighted by molar-refractivity contribution is -0.117. The summed E-state index contributed by atoms with van der Waals surface area (Å²) in [7, 11) is 0. The summed E-state index contributed by atoms with van der Waals surface area (Å²) in [4.78, 5) is 10.7. The van der Waals surface area contributed by atoms with Crippen molar-refractivity contribution in [2.45, 2.75) is 19.6 Å². The van der Waals surface area contributed by atoms with Gasteiger partial charge in [0, 0.05) is 5.57 Å². The van der Waals surface area contributed by atoms with Crippen molar-refractivity contribution in [3.63, 3.8) is 0 Å². The molecule has 10 heavy (non-hydrogen) atoms. The molecule has 2 N–H and O–H groups in total. The summed E-state index contributed by atoms with van der Waals surface area (Å²) < 4.78 is 0. The molecule has 0 aromatic heterocycles. The Kier molecular flexibility index (Phi) is 1.97. The van der Waals surface area contributed by atoms with E-state index in [1.165, 1.54) is 0 Å². The molecule has 1 heterocycles. The minimum atomic E-state index is -0.870. The van der Waals surface area contributed by atoms with E-state index in [2.05, 4.69) is 5.32 Å². The fourth-order valence-corrected chi connectivity index (χ4v) is 1.18. The molecule has 0 saturated carbocycles. The van der Waals surface area contributed by atoms with Crippen LogP contribution in [0.2, 0.25) is 0 Å². The van der Waals surface area contributed by atoms with Crippen LogP contribution in [-0.2, 0) is 4.79 Å². The number of amides is 1. The van der Waals surface area contributed by atoms with Gasteiger partial charge in [0.15, 0.2) is 6.23 Å². The Bertz CT molecular complexity index is 200. The van der Waals surface area contributed by atoms with Gasteiger partial charge in [-0.3, -0.25) is 4.79 Å². The van der Waals surface area contributed by atoms with E-state index < -0.39 is 6.23 Å². The minimum Gasteiger partial charge on any atom is -0.370 e. The molecule has 0 aromatic rings. The number of aliphatic hydroxyl groups is 1. The van der Waals surface area contributed by atoms with Gasteiger partial charge in [0.2, 0.25) is 0 Å². The van der Waals surface area contributed by atoms with Crippen molar-refractivity contribution in [1.82, 2.24) is 5.32 Å². The molecule has 1 unspecified atom stereocenters. The van der Waals surface area contributed by atoms with E-state index in [0.717, 1.165) is 0 Å². The van der Waals surface area contributed by atoms with Crippen molar-refractivity contribution in [1.29, 1.82) is 0 Å². The average molecular weight is 162 g/mol. The molecule has 1 rings (SSSR count). The average Bonchev–Trinajstić information content (AvgIpc) is 2.09. The third kappa shape index (κ3) is 1.02. The Labute approximate surface area is 63.7 Å². The minimum absolute atomic E-state index is 0.134. The second-order valence-electron chi connectivity index (χ2n) is 2.07. The van der Waals surface area contributed by atoms with Crippen molar-refractivity contribution in [2.24, 2.45) is 0 Å². The number of carbonyl (C=O) groups is 1. The van der Waals surface area contributed by atoms with E-state index in [9.17, 15) is 4.79 Å². The molecule has 0 bridgehead atoms. The van der Waals surface area contributed by atoms with Crippen LogP contribution >= 0.6 is 11.6 Å². The van der Waals surface area contributed by atoms with Gasteiger partial charge in [0.1, 0.15) is 5.03 Å². The number of hydrogen-bond acceptors (Lipinski definition) is 2. The molecular weight excluding hydrogens is 154 g/mol. The van der Waals surface area contributed by atoms with Crippen LogP contribution in [0.15, 0.2) is 10.6 Å². The van der Waals surface area contributed by atoms with Crippen LogP contribution in [0.3, 0.4) is 0 Å². The summed E-state index contributed by atoms with van der Waals surface area (Å²) in [5.74, 6) is -0.383. The monoisotopic (exact) mass is 161 g/mol. The molecule has 0 saturated heterocycles. The highest BCUT2D eigenvalue weighted by Gasteiger charge is 2.26. The summed E-state index contributed by atoms with van der Waals surface area (Å²) in [5.41, 5.74) is 0.576. The zero-order valence-electron chi connectivity index (χ0n) is 5.52. The highest BCUT2D eigenvalue weighted by Crippen LogP contribution is 2.21. The highest BCUT2D eigenvalue weighted by atomic mass is 35.5. The van der Waals surface area contributed by atoms with Crippen molar-refractivity contribution < 1.29 is 9.90 Å². The molecule has 0 spiro atoms. The molecule has 1 aliphatic heterocycles. The number of nitrogens with one attached hydrogen (secondary N) is 1. The SMILES string of the molecule is CCC1=C(Cl)C(=O)NC1O. The Morgan fingerprint density at radius 1 is 1.80 bits per heavy atom. The zero-order chi connectivity index (χ0) is 7.72. The molecule has 0 aromatic carbocycles. The van der Waals surface area contributed by atoms with Crippen LogP contribution in [0.5, 0.6) is 0 Å². The summed E-state index contributed by atoms with van der Waals surface area (Å²) in [5, 5.41) is 11.5. The normalized spacial score (nSPS) is 25.5. The van der Waals surface area contributed by atoms with Gasteiger partial charge in [-0.25, -0.2) is 0 Å². The van der Waals surface area contributed by atoms with Gasteiger partial charge >= 0.3 is 0 Å². The molecule has 0 fully saturated rings. The van der Waals surface area contributed by atoms with Crippen molar-refractivity contribution in [3.05, 3.63) is 10.6 Å². The Morgan fingerprint density at radius 2 is 2.40 bits per heavy atom. The number of rotatable bonds is 1. The van der Waals surface area contributed by atoms with Gasteiger partial charge in [-0.1, -0.05) is 18.5 Å². The van der Waals surface area contributed by atoms with E-state index in [4.69, 9.17) is 16.7 Å². The third-order valence-electron chi connectivity index (χ3n) is 1.46. The Hall–Kier alpha value is -0.540. The highest BCUT2D eigenvalue weighted by molar-refractivity contribution is 6.43. The molecule has 0 aliphatic carbocycles. The fourth-order valence-electron chi connectivity index (χ4n) is 0.889. The van der Waals surface area contributed by atoms with Gasteiger partial charge in [0.25, 0.3) is 5.91 Å². The predicted octanol–water partition coefficient (Wildman–Crippen LogP) is 0.337. The second-order valence-corrected chi connectivity index (χ2v) is 2.45. The first-order valence-corrected chi connectivity index (χ1v) is 3.42. The molecule has 4 heteroatoms. The van der Waals surface area contributed by atoms with Crippen LogP contribution in [0.1, 0.15) is 13.3 Å². The number of carbonyl (C=O) groups excluding carboxylic acids is 1. The largest absolute Gasteiger partial charge is 0.370 e. The van der Waals surface area contributed by atoms with Gasteiger partial charge in [-0.05, 0) is 6.42 Å². The molecule has 3 nitrogen and oxygen atoms in total. The molecule has 1 aliphatic rings. The molecule has 1 atom stereocenters. The van der Waals surface area contributed by atoms with Gasteiger partial charge in [-0.15, -0.1) is 0 Å². The molecule has 56 valence electrons.